The lowest BCUT2D eigenvalue weighted by molar-refractivity contribution is -0.274. The van der Waals surface area contributed by atoms with Crippen molar-refractivity contribution in [2.75, 3.05) is 0 Å². The molecular formula is C13H7ClF4O. The molecule has 0 aromatic heterocycles. The van der Waals surface area contributed by atoms with Crippen molar-refractivity contribution in [3.05, 3.63) is 53.3 Å². The van der Waals surface area contributed by atoms with Gasteiger partial charge in [0.05, 0.1) is 5.02 Å². The molecule has 0 aliphatic carbocycles. The molecule has 2 rings (SSSR count). The normalized spacial score (nSPS) is 11.4. The van der Waals surface area contributed by atoms with Gasteiger partial charge in [-0.15, -0.1) is 13.2 Å². The molecule has 0 aliphatic heterocycles. The predicted octanol–water partition coefficient (Wildman–Crippen LogP) is 5.04. The largest absolute Gasteiger partial charge is 0.573 e. The van der Waals surface area contributed by atoms with Crippen LogP contribution in [0.15, 0.2) is 42.5 Å². The summed E-state index contributed by atoms with van der Waals surface area (Å²) in [5.74, 6) is -0.805. The Labute approximate surface area is 111 Å². The highest BCUT2D eigenvalue weighted by molar-refractivity contribution is 6.33. The van der Waals surface area contributed by atoms with Crippen molar-refractivity contribution in [2.45, 2.75) is 6.36 Å². The summed E-state index contributed by atoms with van der Waals surface area (Å²) in [4.78, 5) is 0. The molecule has 100 valence electrons. The van der Waals surface area contributed by atoms with Crippen LogP contribution in [0.1, 0.15) is 0 Å². The van der Waals surface area contributed by atoms with Gasteiger partial charge in [-0.3, -0.25) is 0 Å². The average Bonchev–Trinajstić information content (AvgIpc) is 2.29. The standard InChI is InChI=1S/C13H7ClF4O/c14-12-7-10(19-13(16,17)18)5-6-11(12)8-1-3-9(15)4-2-8/h1-7H. The van der Waals surface area contributed by atoms with Crippen molar-refractivity contribution in [3.8, 4) is 16.9 Å². The van der Waals surface area contributed by atoms with Crippen LogP contribution >= 0.6 is 11.6 Å². The molecule has 2 aromatic rings. The molecule has 0 heterocycles. The van der Waals surface area contributed by atoms with E-state index < -0.39 is 17.9 Å². The van der Waals surface area contributed by atoms with E-state index in [9.17, 15) is 17.6 Å². The Kier molecular flexibility index (Phi) is 3.66. The number of ether oxygens (including phenoxy) is 1. The van der Waals surface area contributed by atoms with Gasteiger partial charge < -0.3 is 4.74 Å². The molecule has 0 N–H and O–H groups in total. The first kappa shape index (κ1) is 13.7. The van der Waals surface area contributed by atoms with Gasteiger partial charge in [-0.05, 0) is 35.9 Å². The van der Waals surface area contributed by atoms with Gasteiger partial charge in [0.2, 0.25) is 0 Å². The number of benzene rings is 2. The van der Waals surface area contributed by atoms with E-state index >= 15 is 0 Å². The van der Waals surface area contributed by atoms with Crippen molar-refractivity contribution >= 4 is 11.6 Å². The number of halogens is 5. The van der Waals surface area contributed by atoms with Crippen LogP contribution in [0.3, 0.4) is 0 Å². The molecule has 1 nitrogen and oxygen atoms in total. The van der Waals surface area contributed by atoms with Crippen LogP contribution in [-0.4, -0.2) is 6.36 Å². The fourth-order valence-electron chi connectivity index (χ4n) is 1.56. The third kappa shape index (κ3) is 3.61. The molecule has 0 bridgehead atoms. The predicted molar refractivity (Wildman–Crippen MR) is 63.5 cm³/mol. The number of hydrogen-bond donors (Lipinski definition) is 0. The molecule has 0 radical (unpaired) electrons. The van der Waals surface area contributed by atoms with Crippen molar-refractivity contribution < 1.29 is 22.3 Å². The zero-order valence-electron chi connectivity index (χ0n) is 9.34. The van der Waals surface area contributed by atoms with E-state index in [2.05, 4.69) is 4.74 Å². The van der Waals surface area contributed by atoms with Gasteiger partial charge in [-0.1, -0.05) is 23.7 Å². The monoisotopic (exact) mass is 290 g/mol. The van der Waals surface area contributed by atoms with Crippen molar-refractivity contribution in [1.29, 1.82) is 0 Å². The summed E-state index contributed by atoms with van der Waals surface area (Å²) < 4.78 is 52.6. The van der Waals surface area contributed by atoms with Gasteiger partial charge in [0.15, 0.2) is 0 Å². The number of rotatable bonds is 2. The Morgan fingerprint density at radius 3 is 2.11 bits per heavy atom. The zero-order valence-corrected chi connectivity index (χ0v) is 10.1. The van der Waals surface area contributed by atoms with Crippen LogP contribution in [0.2, 0.25) is 5.02 Å². The lowest BCUT2D eigenvalue weighted by Crippen LogP contribution is -2.17. The molecule has 2 aromatic carbocycles. The summed E-state index contributed by atoms with van der Waals surface area (Å²) in [6.07, 6.45) is -4.76. The van der Waals surface area contributed by atoms with Crippen LogP contribution in [0, 0.1) is 5.82 Å². The molecule has 0 fully saturated rings. The summed E-state index contributed by atoms with van der Waals surface area (Å²) in [5, 5.41) is 0.0911. The van der Waals surface area contributed by atoms with Crippen molar-refractivity contribution in [3.63, 3.8) is 0 Å². The summed E-state index contributed by atoms with van der Waals surface area (Å²) >= 11 is 5.89. The lowest BCUT2D eigenvalue weighted by Gasteiger charge is -2.11. The quantitative estimate of drug-likeness (QED) is 0.704. The molecule has 0 aliphatic rings. The second-order valence-electron chi connectivity index (χ2n) is 3.70. The lowest BCUT2D eigenvalue weighted by atomic mass is 10.1. The molecule has 0 amide bonds. The first-order chi connectivity index (χ1) is 8.85. The van der Waals surface area contributed by atoms with Crippen molar-refractivity contribution in [2.24, 2.45) is 0 Å². The molecule has 0 saturated carbocycles. The Hall–Kier alpha value is -1.75. The van der Waals surface area contributed by atoms with Gasteiger partial charge in [0.25, 0.3) is 0 Å². The maximum absolute atomic E-state index is 12.8. The minimum absolute atomic E-state index is 0.0911. The highest BCUT2D eigenvalue weighted by atomic mass is 35.5. The SMILES string of the molecule is Fc1ccc(-c2ccc(OC(F)(F)F)cc2Cl)cc1. The van der Waals surface area contributed by atoms with Crippen LogP contribution < -0.4 is 4.74 Å². The van der Waals surface area contributed by atoms with E-state index in [1.165, 1.54) is 30.3 Å². The number of hydrogen-bond acceptors (Lipinski definition) is 1. The second-order valence-corrected chi connectivity index (χ2v) is 4.10. The van der Waals surface area contributed by atoms with Gasteiger partial charge in [0.1, 0.15) is 11.6 Å². The van der Waals surface area contributed by atoms with E-state index in [-0.39, 0.29) is 5.02 Å². The maximum atomic E-state index is 12.8. The van der Waals surface area contributed by atoms with Crippen LogP contribution in [0.25, 0.3) is 11.1 Å². The Morgan fingerprint density at radius 1 is 0.947 bits per heavy atom. The summed E-state index contributed by atoms with van der Waals surface area (Å²) in [5.41, 5.74) is 1.10. The Morgan fingerprint density at radius 2 is 1.58 bits per heavy atom. The topological polar surface area (TPSA) is 9.23 Å². The van der Waals surface area contributed by atoms with E-state index in [1.807, 2.05) is 0 Å². The third-order valence-corrected chi connectivity index (χ3v) is 2.64. The fraction of sp³-hybridized carbons (Fsp3) is 0.0769. The van der Waals surface area contributed by atoms with E-state index in [0.29, 0.717) is 11.1 Å². The first-order valence-electron chi connectivity index (χ1n) is 5.16. The molecule has 0 saturated heterocycles. The summed E-state index contributed by atoms with van der Waals surface area (Å²) in [6, 6.07) is 9.06. The molecule has 0 unspecified atom stereocenters. The van der Waals surface area contributed by atoms with E-state index in [0.717, 1.165) is 12.1 Å². The molecule has 0 spiro atoms. The third-order valence-electron chi connectivity index (χ3n) is 2.33. The fourth-order valence-corrected chi connectivity index (χ4v) is 1.84. The Balaban J connectivity index is 2.31. The zero-order chi connectivity index (χ0) is 14.0. The van der Waals surface area contributed by atoms with Crippen LogP contribution in [0.5, 0.6) is 5.75 Å². The minimum atomic E-state index is -4.76. The van der Waals surface area contributed by atoms with Crippen LogP contribution in [-0.2, 0) is 0 Å². The van der Waals surface area contributed by atoms with Gasteiger partial charge in [-0.25, -0.2) is 4.39 Å². The van der Waals surface area contributed by atoms with Gasteiger partial charge >= 0.3 is 6.36 Å². The number of alkyl halides is 3. The summed E-state index contributed by atoms with van der Waals surface area (Å²) in [6.45, 7) is 0. The Bertz CT molecular complexity index is 578. The molecule has 0 atom stereocenters. The average molecular weight is 291 g/mol. The van der Waals surface area contributed by atoms with E-state index in [1.54, 1.807) is 0 Å². The highest BCUT2D eigenvalue weighted by Gasteiger charge is 2.31. The van der Waals surface area contributed by atoms with E-state index in [4.69, 9.17) is 11.6 Å². The summed E-state index contributed by atoms with van der Waals surface area (Å²) in [7, 11) is 0. The smallest absolute Gasteiger partial charge is 0.406 e. The molecular weight excluding hydrogens is 284 g/mol. The first-order valence-corrected chi connectivity index (χ1v) is 5.54. The van der Waals surface area contributed by atoms with Gasteiger partial charge in [0, 0.05) is 5.56 Å². The molecule has 19 heavy (non-hydrogen) atoms. The van der Waals surface area contributed by atoms with Crippen LogP contribution in [0.4, 0.5) is 17.6 Å². The molecule has 6 heteroatoms. The highest BCUT2D eigenvalue weighted by Crippen LogP contribution is 2.33. The minimum Gasteiger partial charge on any atom is -0.406 e. The second kappa shape index (κ2) is 5.09. The van der Waals surface area contributed by atoms with Gasteiger partial charge in [-0.2, -0.15) is 0 Å². The van der Waals surface area contributed by atoms with Crippen molar-refractivity contribution in [1.82, 2.24) is 0 Å². The maximum Gasteiger partial charge on any atom is 0.573 e.